The zero-order valence-corrected chi connectivity index (χ0v) is 12.7. The number of hydrogen-bond donors (Lipinski definition) is 3. The number of alkyl halides is 3. The predicted molar refractivity (Wildman–Crippen MR) is 86.5 cm³/mol. The molecule has 1 aliphatic rings. The number of aromatic amines is 1. The molecule has 9 heteroatoms. The lowest BCUT2D eigenvalue weighted by Gasteiger charge is -2.15. The summed E-state index contributed by atoms with van der Waals surface area (Å²) < 4.78 is 44.7. The van der Waals surface area contributed by atoms with Gasteiger partial charge in [0, 0.05) is 29.1 Å². The molecule has 0 radical (unpaired) electrons. The van der Waals surface area contributed by atoms with Gasteiger partial charge in [-0.25, -0.2) is 4.98 Å². The summed E-state index contributed by atoms with van der Waals surface area (Å²) in [5.41, 5.74) is 5.22. The van der Waals surface area contributed by atoms with E-state index in [0.29, 0.717) is 35.2 Å². The number of nitrogens with zero attached hydrogens (tertiary/aromatic N) is 2. The fourth-order valence-electron chi connectivity index (χ4n) is 3.09. The molecule has 1 aliphatic heterocycles. The fourth-order valence-corrected chi connectivity index (χ4v) is 3.09. The van der Waals surface area contributed by atoms with Crippen LogP contribution in [-0.2, 0) is 6.42 Å². The van der Waals surface area contributed by atoms with Gasteiger partial charge < -0.3 is 10.5 Å². The van der Waals surface area contributed by atoms with Crippen molar-refractivity contribution in [3.05, 3.63) is 35.8 Å². The molecule has 0 aliphatic carbocycles. The van der Waals surface area contributed by atoms with Crippen LogP contribution >= 0.6 is 0 Å². The van der Waals surface area contributed by atoms with Gasteiger partial charge in [-0.15, -0.1) is 0 Å². The van der Waals surface area contributed by atoms with Gasteiger partial charge in [0.05, 0.1) is 34.9 Å². The quantitative estimate of drug-likeness (QED) is 0.621. The molecule has 0 amide bonds. The van der Waals surface area contributed by atoms with Crippen LogP contribution in [0.4, 0.5) is 13.2 Å². The first-order valence-corrected chi connectivity index (χ1v) is 7.41. The van der Waals surface area contributed by atoms with Crippen LogP contribution in [0.25, 0.3) is 27.4 Å². The molecule has 2 aromatic heterocycles. The van der Waals surface area contributed by atoms with Crippen molar-refractivity contribution in [3.8, 4) is 5.75 Å². The lowest BCUT2D eigenvalue weighted by atomic mass is 9.97. The smallest absolute Gasteiger partial charge is 0.433 e. The number of fused-ring (bicyclic) bond motifs is 5. The molecule has 3 aromatic rings. The van der Waals surface area contributed by atoms with E-state index in [1.165, 1.54) is 0 Å². The van der Waals surface area contributed by atoms with Crippen molar-refractivity contribution >= 4 is 33.1 Å². The third-order valence-corrected chi connectivity index (χ3v) is 4.19. The van der Waals surface area contributed by atoms with E-state index in [2.05, 4.69) is 15.2 Å². The molecule has 0 fully saturated rings. The highest BCUT2D eigenvalue weighted by atomic mass is 19.4. The summed E-state index contributed by atoms with van der Waals surface area (Å²) in [7, 11) is 0. The number of halogens is 3. The number of ether oxygens (including phenoxy) is 1. The highest BCUT2D eigenvalue weighted by Crippen LogP contribution is 2.41. The van der Waals surface area contributed by atoms with Crippen LogP contribution in [0, 0.1) is 5.41 Å². The van der Waals surface area contributed by atoms with Crippen LogP contribution in [0.5, 0.6) is 5.75 Å². The number of nitrogens with two attached hydrogens (primary N) is 1. The van der Waals surface area contributed by atoms with E-state index in [1.54, 1.807) is 18.3 Å². The largest absolute Gasteiger partial charge is 0.492 e. The minimum Gasteiger partial charge on any atom is -0.492 e. The second-order valence-electron chi connectivity index (χ2n) is 5.61. The van der Waals surface area contributed by atoms with Gasteiger partial charge in [-0.05, 0) is 12.1 Å². The van der Waals surface area contributed by atoms with Crippen molar-refractivity contribution in [1.29, 1.82) is 5.41 Å². The lowest BCUT2D eigenvalue weighted by Crippen LogP contribution is -2.24. The summed E-state index contributed by atoms with van der Waals surface area (Å²) in [5.74, 6) is 0.473. The molecule has 3 heterocycles. The van der Waals surface area contributed by atoms with Crippen molar-refractivity contribution in [1.82, 2.24) is 15.2 Å². The summed E-state index contributed by atoms with van der Waals surface area (Å²) in [5, 5.41) is 15.7. The molecule has 0 saturated heterocycles. The van der Waals surface area contributed by atoms with Crippen molar-refractivity contribution in [2.45, 2.75) is 12.6 Å². The summed E-state index contributed by atoms with van der Waals surface area (Å²) in [4.78, 5) is 4.37. The zero-order valence-electron chi connectivity index (χ0n) is 12.7. The Morgan fingerprint density at radius 3 is 2.88 bits per heavy atom. The van der Waals surface area contributed by atoms with Gasteiger partial charge in [0.2, 0.25) is 0 Å². The van der Waals surface area contributed by atoms with Crippen LogP contribution in [0.1, 0.15) is 11.3 Å². The van der Waals surface area contributed by atoms with Crippen LogP contribution in [0.2, 0.25) is 0 Å². The van der Waals surface area contributed by atoms with Crippen LogP contribution in [-0.4, -0.2) is 33.7 Å². The van der Waals surface area contributed by atoms with Crippen molar-refractivity contribution in [2.75, 3.05) is 6.61 Å². The Labute approximate surface area is 139 Å². The third-order valence-electron chi connectivity index (χ3n) is 4.19. The van der Waals surface area contributed by atoms with E-state index in [0.717, 1.165) is 17.1 Å². The van der Waals surface area contributed by atoms with Gasteiger partial charge in [0.1, 0.15) is 11.5 Å². The van der Waals surface area contributed by atoms with Crippen molar-refractivity contribution < 1.29 is 17.9 Å². The van der Waals surface area contributed by atoms with Gasteiger partial charge in [0.15, 0.2) is 0 Å². The number of benzene rings is 1. The van der Waals surface area contributed by atoms with E-state index in [4.69, 9.17) is 15.9 Å². The van der Waals surface area contributed by atoms with Crippen LogP contribution in [0.15, 0.2) is 24.5 Å². The summed E-state index contributed by atoms with van der Waals surface area (Å²) in [6.07, 6.45) is -2.02. The highest BCUT2D eigenvalue weighted by Gasteiger charge is 2.39. The van der Waals surface area contributed by atoms with Crippen molar-refractivity contribution in [2.24, 2.45) is 5.73 Å². The normalized spacial score (nSPS) is 14.8. The predicted octanol–water partition coefficient (Wildman–Crippen LogP) is 2.93. The fraction of sp³-hybridized carbons (Fsp3) is 0.188. The topological polar surface area (TPSA) is 101 Å². The molecule has 4 N–H and O–H groups in total. The van der Waals surface area contributed by atoms with Gasteiger partial charge in [-0.1, -0.05) is 0 Å². The molecule has 0 saturated carbocycles. The molecule has 0 spiro atoms. The maximum Gasteiger partial charge on any atom is 0.433 e. The number of allylic oxidation sites excluding steroid dienone is 1. The maximum absolute atomic E-state index is 13.0. The van der Waals surface area contributed by atoms with Crippen LogP contribution < -0.4 is 10.5 Å². The molecule has 128 valence electrons. The maximum atomic E-state index is 13.0. The molecule has 0 unspecified atom stereocenters. The number of nitrogens with one attached hydrogen (secondary N) is 2. The Hall–Kier alpha value is -3.10. The number of hydrogen-bond acceptors (Lipinski definition) is 5. The monoisotopic (exact) mass is 347 g/mol. The second kappa shape index (κ2) is 5.20. The average Bonchev–Trinajstić information content (AvgIpc) is 3.23. The second-order valence-corrected chi connectivity index (χ2v) is 5.61. The minimum absolute atomic E-state index is 0.0349. The molecule has 25 heavy (non-hydrogen) atoms. The van der Waals surface area contributed by atoms with Gasteiger partial charge in [0.25, 0.3) is 0 Å². The molecule has 6 nitrogen and oxygen atoms in total. The van der Waals surface area contributed by atoms with Gasteiger partial charge in [-0.3, -0.25) is 10.5 Å². The molecule has 4 rings (SSSR count). The standard InChI is InChI=1S/C16H12F3N5O/c17-16(18,19)15(21)8(5-20)13-7-3-4-25-14(7)12-9-6-22-24-10(9)1-2-11(12)23-13/h1-2,5-6,21H,3-4,20H2,(H,22,24)/b8-5-,21-15?. The summed E-state index contributed by atoms with van der Waals surface area (Å²) in [6.45, 7) is 0.328. The van der Waals surface area contributed by atoms with Crippen LogP contribution in [0.3, 0.4) is 0 Å². The van der Waals surface area contributed by atoms with Gasteiger partial charge >= 0.3 is 6.18 Å². The third kappa shape index (κ3) is 2.23. The summed E-state index contributed by atoms with van der Waals surface area (Å²) >= 11 is 0. The average molecular weight is 347 g/mol. The lowest BCUT2D eigenvalue weighted by molar-refractivity contribution is -0.0578. The number of pyridine rings is 1. The molecule has 1 aromatic carbocycles. The van der Waals surface area contributed by atoms with E-state index < -0.39 is 17.5 Å². The minimum atomic E-state index is -4.82. The molecular weight excluding hydrogens is 335 g/mol. The van der Waals surface area contributed by atoms with Crippen molar-refractivity contribution in [3.63, 3.8) is 0 Å². The molecule has 0 bridgehead atoms. The zero-order chi connectivity index (χ0) is 17.8. The van der Waals surface area contributed by atoms with Gasteiger partial charge in [-0.2, -0.15) is 18.3 Å². The van der Waals surface area contributed by atoms with E-state index >= 15 is 0 Å². The Kier molecular flexibility index (Phi) is 3.21. The SMILES string of the molecule is N=C(/C(=C\N)c1nc2ccc3[nH]ncc3c2c2c1CCO2)C(F)(F)F. The molecule has 0 atom stereocenters. The Morgan fingerprint density at radius 1 is 1.36 bits per heavy atom. The van der Waals surface area contributed by atoms with E-state index in [9.17, 15) is 13.2 Å². The number of H-pyrrole nitrogens is 1. The number of aromatic nitrogens is 3. The Bertz CT molecular complexity index is 1050. The summed E-state index contributed by atoms with van der Waals surface area (Å²) in [6, 6.07) is 3.41. The Balaban J connectivity index is 2.03. The Morgan fingerprint density at radius 2 is 2.16 bits per heavy atom. The van der Waals surface area contributed by atoms with E-state index in [1.807, 2.05) is 0 Å². The van der Waals surface area contributed by atoms with E-state index in [-0.39, 0.29) is 5.69 Å². The first-order chi connectivity index (χ1) is 11.9. The highest BCUT2D eigenvalue weighted by molar-refractivity contribution is 6.25. The molecular formula is C16H12F3N5O. The first kappa shape index (κ1) is 15.4. The first-order valence-electron chi connectivity index (χ1n) is 7.41. The number of rotatable bonds is 2.